The molecule has 0 saturated heterocycles. The number of aryl methyl sites for hydroxylation is 1. The molecule has 152 valence electrons. The summed E-state index contributed by atoms with van der Waals surface area (Å²) >= 11 is 6.01. The zero-order valence-corrected chi connectivity index (χ0v) is 17.7. The first-order valence-electron chi connectivity index (χ1n) is 10.5. The minimum absolute atomic E-state index is 0.0587. The summed E-state index contributed by atoms with van der Waals surface area (Å²) in [7, 11) is 0. The molecule has 0 amide bonds. The SMILES string of the molecule is Cc1cccc2c(=O)[nH]c(C3=CC(N4CC=C(c5ccc(Cl)cc5)CC4)CC3)nc12. The number of aromatic nitrogens is 2. The van der Waals surface area contributed by atoms with Crippen LogP contribution in [0.15, 0.2) is 59.4 Å². The number of H-pyrrole nitrogens is 1. The van der Waals surface area contributed by atoms with Crippen molar-refractivity contribution < 1.29 is 0 Å². The molecule has 30 heavy (non-hydrogen) atoms. The lowest BCUT2D eigenvalue weighted by Crippen LogP contribution is -2.36. The molecule has 2 aromatic carbocycles. The van der Waals surface area contributed by atoms with Crippen molar-refractivity contribution in [2.75, 3.05) is 13.1 Å². The average molecular weight is 418 g/mol. The van der Waals surface area contributed by atoms with Crippen molar-refractivity contribution in [3.05, 3.63) is 86.9 Å². The maximum Gasteiger partial charge on any atom is 0.259 e. The molecule has 1 atom stereocenters. The molecule has 5 rings (SSSR count). The lowest BCUT2D eigenvalue weighted by atomic mass is 9.98. The van der Waals surface area contributed by atoms with Gasteiger partial charge < -0.3 is 4.98 Å². The predicted octanol–water partition coefficient (Wildman–Crippen LogP) is 5.22. The van der Waals surface area contributed by atoms with Gasteiger partial charge in [0, 0.05) is 24.2 Å². The van der Waals surface area contributed by atoms with E-state index in [9.17, 15) is 4.79 Å². The number of aromatic amines is 1. The molecule has 5 heteroatoms. The quantitative estimate of drug-likeness (QED) is 0.635. The van der Waals surface area contributed by atoms with E-state index in [1.165, 1.54) is 11.1 Å². The number of nitrogens with one attached hydrogen (secondary N) is 1. The molecule has 4 nitrogen and oxygen atoms in total. The summed E-state index contributed by atoms with van der Waals surface area (Å²) in [6.07, 6.45) is 7.66. The molecule has 1 N–H and O–H groups in total. The summed E-state index contributed by atoms with van der Waals surface area (Å²) in [6, 6.07) is 14.2. The Morgan fingerprint density at radius 2 is 1.93 bits per heavy atom. The van der Waals surface area contributed by atoms with Crippen LogP contribution >= 0.6 is 11.6 Å². The maximum absolute atomic E-state index is 12.5. The molecule has 0 bridgehead atoms. The highest BCUT2D eigenvalue weighted by Gasteiger charge is 2.26. The van der Waals surface area contributed by atoms with Crippen LogP contribution < -0.4 is 5.56 Å². The van der Waals surface area contributed by atoms with Crippen molar-refractivity contribution in [3.63, 3.8) is 0 Å². The molecular weight excluding hydrogens is 394 g/mol. The standard InChI is InChI=1S/C25H24ClN3O/c1-16-3-2-4-22-23(16)27-24(28-25(22)30)19-7-10-21(15-19)29-13-11-18(12-14-29)17-5-8-20(26)9-6-17/h2-6,8-9,11,15,21H,7,10,12-14H2,1H3,(H,27,28,30). The minimum Gasteiger partial charge on any atom is -0.306 e. The summed E-state index contributed by atoms with van der Waals surface area (Å²) in [4.78, 5) is 22.8. The van der Waals surface area contributed by atoms with Gasteiger partial charge in [-0.15, -0.1) is 0 Å². The fraction of sp³-hybridized carbons (Fsp3) is 0.280. The number of benzene rings is 2. The van der Waals surface area contributed by atoms with E-state index in [1.807, 2.05) is 37.3 Å². The van der Waals surface area contributed by atoms with E-state index >= 15 is 0 Å². The van der Waals surface area contributed by atoms with Crippen LogP contribution in [0.1, 0.15) is 36.2 Å². The van der Waals surface area contributed by atoms with E-state index in [2.05, 4.69) is 34.2 Å². The number of fused-ring (bicyclic) bond motifs is 1. The van der Waals surface area contributed by atoms with E-state index in [4.69, 9.17) is 16.6 Å². The third-order valence-electron chi connectivity index (χ3n) is 6.27. The van der Waals surface area contributed by atoms with Crippen LogP contribution in [0.3, 0.4) is 0 Å². The number of halogens is 1. The maximum atomic E-state index is 12.5. The average Bonchev–Trinajstić information content (AvgIpc) is 3.25. The number of hydrogen-bond acceptors (Lipinski definition) is 3. The molecule has 0 radical (unpaired) electrons. The Morgan fingerprint density at radius 3 is 2.70 bits per heavy atom. The van der Waals surface area contributed by atoms with Gasteiger partial charge in [-0.3, -0.25) is 9.69 Å². The largest absolute Gasteiger partial charge is 0.306 e. The van der Waals surface area contributed by atoms with Gasteiger partial charge in [-0.25, -0.2) is 4.98 Å². The van der Waals surface area contributed by atoms with E-state index in [1.54, 1.807) is 0 Å². The first-order chi connectivity index (χ1) is 14.6. The highest BCUT2D eigenvalue weighted by atomic mass is 35.5. The highest BCUT2D eigenvalue weighted by Crippen LogP contribution is 2.32. The van der Waals surface area contributed by atoms with Crippen LogP contribution in [-0.4, -0.2) is 34.0 Å². The second-order valence-electron chi connectivity index (χ2n) is 8.16. The Balaban J connectivity index is 1.36. The summed E-state index contributed by atoms with van der Waals surface area (Å²) in [5.41, 5.74) is 5.57. The predicted molar refractivity (Wildman–Crippen MR) is 124 cm³/mol. The first kappa shape index (κ1) is 19.3. The Kier molecular flexibility index (Phi) is 5.05. The molecule has 2 aliphatic rings. The van der Waals surface area contributed by atoms with Crippen LogP contribution in [-0.2, 0) is 0 Å². The lowest BCUT2D eigenvalue weighted by Gasteiger charge is -2.30. The summed E-state index contributed by atoms with van der Waals surface area (Å²) in [5, 5.41) is 1.43. The van der Waals surface area contributed by atoms with E-state index in [-0.39, 0.29) is 5.56 Å². The molecule has 1 aliphatic carbocycles. The molecule has 0 spiro atoms. The normalized spacial score (nSPS) is 19.7. The van der Waals surface area contributed by atoms with Crippen molar-refractivity contribution in [3.8, 4) is 0 Å². The van der Waals surface area contributed by atoms with Gasteiger partial charge in [0.25, 0.3) is 5.56 Å². The fourth-order valence-corrected chi connectivity index (χ4v) is 4.68. The lowest BCUT2D eigenvalue weighted by molar-refractivity contribution is 0.250. The van der Waals surface area contributed by atoms with Crippen LogP contribution in [0.4, 0.5) is 0 Å². The Hall–Kier alpha value is -2.69. The molecule has 0 fully saturated rings. The summed E-state index contributed by atoms with van der Waals surface area (Å²) in [6.45, 7) is 3.97. The smallest absolute Gasteiger partial charge is 0.259 e. The van der Waals surface area contributed by atoms with Crippen LogP contribution in [0, 0.1) is 6.92 Å². The highest BCUT2D eigenvalue weighted by molar-refractivity contribution is 6.30. The molecule has 0 saturated carbocycles. The van der Waals surface area contributed by atoms with Crippen molar-refractivity contribution in [2.45, 2.75) is 32.2 Å². The van der Waals surface area contributed by atoms with Crippen molar-refractivity contribution in [2.24, 2.45) is 0 Å². The molecule has 1 unspecified atom stereocenters. The van der Waals surface area contributed by atoms with Gasteiger partial charge in [0.1, 0.15) is 5.82 Å². The number of allylic oxidation sites excluding steroid dienone is 1. The fourth-order valence-electron chi connectivity index (χ4n) is 4.56. The van der Waals surface area contributed by atoms with E-state index < -0.39 is 0 Å². The van der Waals surface area contributed by atoms with Gasteiger partial charge in [-0.2, -0.15) is 0 Å². The third kappa shape index (κ3) is 3.62. The van der Waals surface area contributed by atoms with Gasteiger partial charge in [0.15, 0.2) is 0 Å². The van der Waals surface area contributed by atoms with Crippen LogP contribution in [0.25, 0.3) is 22.0 Å². The van der Waals surface area contributed by atoms with Gasteiger partial charge >= 0.3 is 0 Å². The molecule has 2 heterocycles. The number of hydrogen-bond donors (Lipinski definition) is 1. The molecule has 1 aromatic heterocycles. The van der Waals surface area contributed by atoms with Gasteiger partial charge in [0.2, 0.25) is 0 Å². The summed E-state index contributed by atoms with van der Waals surface area (Å²) < 4.78 is 0. The van der Waals surface area contributed by atoms with E-state index in [0.29, 0.717) is 11.4 Å². The molecular formula is C25H24ClN3O. The van der Waals surface area contributed by atoms with E-state index in [0.717, 1.165) is 59.9 Å². The Morgan fingerprint density at radius 1 is 1.10 bits per heavy atom. The molecule has 1 aliphatic heterocycles. The minimum atomic E-state index is -0.0587. The number of nitrogens with zero attached hydrogens (tertiary/aromatic N) is 2. The van der Waals surface area contributed by atoms with Crippen molar-refractivity contribution >= 4 is 33.7 Å². The zero-order chi connectivity index (χ0) is 20.7. The second kappa shape index (κ2) is 7.86. The van der Waals surface area contributed by atoms with Crippen molar-refractivity contribution in [1.29, 1.82) is 0 Å². The summed E-state index contributed by atoms with van der Waals surface area (Å²) in [5.74, 6) is 0.721. The van der Waals surface area contributed by atoms with Crippen LogP contribution in [0.2, 0.25) is 5.02 Å². The number of para-hydroxylation sites is 1. The van der Waals surface area contributed by atoms with Gasteiger partial charge in [-0.1, -0.05) is 48.0 Å². The Bertz CT molecular complexity index is 1220. The van der Waals surface area contributed by atoms with Gasteiger partial charge in [0.05, 0.1) is 10.9 Å². The Labute approximate surface area is 180 Å². The first-order valence-corrected chi connectivity index (χ1v) is 10.9. The van der Waals surface area contributed by atoms with Crippen molar-refractivity contribution in [1.82, 2.24) is 14.9 Å². The number of rotatable bonds is 3. The molecule has 3 aromatic rings. The monoisotopic (exact) mass is 417 g/mol. The topological polar surface area (TPSA) is 49.0 Å². The van der Waals surface area contributed by atoms with Gasteiger partial charge in [-0.05, 0) is 66.7 Å². The third-order valence-corrected chi connectivity index (χ3v) is 6.52. The van der Waals surface area contributed by atoms with Crippen LogP contribution in [0.5, 0.6) is 0 Å². The zero-order valence-electron chi connectivity index (χ0n) is 17.0. The second-order valence-corrected chi connectivity index (χ2v) is 8.60.